The Morgan fingerprint density at radius 3 is 2.38 bits per heavy atom. The standard InChI is InChI=1S/C30H35N5O4/c1-19(2)11-12-34(4)26-10-9-21(16-27(26)35(5)18-20-13-24(36)17-25(37)14-20)28-32-30(39-33-28)23-8-6-7-22(15-23)29(38)31-3/h6-10,13-17,19,36-37H,11-12,18H2,1-5H3,(H,31,38). The van der Waals surface area contributed by atoms with Gasteiger partial charge in [0, 0.05) is 57.0 Å². The smallest absolute Gasteiger partial charge is 0.258 e. The fraction of sp³-hybridized carbons (Fsp3) is 0.300. The van der Waals surface area contributed by atoms with E-state index in [9.17, 15) is 15.0 Å². The van der Waals surface area contributed by atoms with Crippen LogP contribution in [0.4, 0.5) is 11.4 Å². The molecular weight excluding hydrogens is 494 g/mol. The summed E-state index contributed by atoms with van der Waals surface area (Å²) in [4.78, 5) is 20.9. The summed E-state index contributed by atoms with van der Waals surface area (Å²) in [6.07, 6.45) is 1.05. The SMILES string of the molecule is CNC(=O)c1cccc(-c2nc(-c3ccc(N(C)CCC(C)C)c(N(C)Cc4cc(O)cc(O)c4)c3)no2)c1. The van der Waals surface area contributed by atoms with Crippen molar-refractivity contribution in [2.24, 2.45) is 5.92 Å². The lowest BCUT2D eigenvalue weighted by molar-refractivity contribution is 0.0963. The predicted molar refractivity (Wildman–Crippen MR) is 153 cm³/mol. The number of nitrogens with zero attached hydrogens (tertiary/aromatic N) is 4. The van der Waals surface area contributed by atoms with E-state index in [0.717, 1.165) is 35.5 Å². The number of rotatable bonds is 10. The lowest BCUT2D eigenvalue weighted by Gasteiger charge is -2.29. The molecule has 0 bridgehead atoms. The number of carbonyl (C=O) groups excluding carboxylic acids is 1. The molecule has 1 amide bonds. The van der Waals surface area contributed by atoms with Crippen molar-refractivity contribution in [3.8, 4) is 34.3 Å². The van der Waals surface area contributed by atoms with Gasteiger partial charge in [0.2, 0.25) is 5.82 Å². The minimum Gasteiger partial charge on any atom is -0.508 e. The normalized spacial score (nSPS) is 11.0. The molecule has 0 unspecified atom stereocenters. The van der Waals surface area contributed by atoms with Crippen molar-refractivity contribution in [2.45, 2.75) is 26.8 Å². The molecule has 1 aromatic heterocycles. The van der Waals surface area contributed by atoms with Crippen molar-refractivity contribution in [1.82, 2.24) is 15.5 Å². The summed E-state index contributed by atoms with van der Waals surface area (Å²) >= 11 is 0. The van der Waals surface area contributed by atoms with Crippen molar-refractivity contribution in [3.05, 3.63) is 71.8 Å². The summed E-state index contributed by atoms with van der Waals surface area (Å²) in [6.45, 7) is 5.76. The first-order valence-corrected chi connectivity index (χ1v) is 12.9. The van der Waals surface area contributed by atoms with Crippen LogP contribution in [0.15, 0.2) is 65.2 Å². The maximum atomic E-state index is 12.0. The molecule has 0 fully saturated rings. The van der Waals surface area contributed by atoms with Gasteiger partial charge in [0.1, 0.15) is 11.5 Å². The minimum absolute atomic E-state index is 0.0150. The summed E-state index contributed by atoms with van der Waals surface area (Å²) < 4.78 is 5.57. The Balaban J connectivity index is 1.68. The summed E-state index contributed by atoms with van der Waals surface area (Å²) in [5, 5.41) is 26.7. The second-order valence-electron chi connectivity index (χ2n) is 10.1. The monoisotopic (exact) mass is 529 g/mol. The number of aromatic hydroxyl groups is 2. The van der Waals surface area contributed by atoms with Crippen LogP contribution in [-0.4, -0.2) is 53.9 Å². The topological polar surface area (TPSA) is 115 Å². The number of aromatic nitrogens is 2. The van der Waals surface area contributed by atoms with Crippen molar-refractivity contribution < 1.29 is 19.5 Å². The number of benzene rings is 3. The number of anilines is 2. The largest absolute Gasteiger partial charge is 0.508 e. The van der Waals surface area contributed by atoms with Gasteiger partial charge in [-0.3, -0.25) is 4.79 Å². The highest BCUT2D eigenvalue weighted by atomic mass is 16.5. The number of carbonyl (C=O) groups is 1. The van der Waals surface area contributed by atoms with Gasteiger partial charge in [0.05, 0.1) is 11.4 Å². The van der Waals surface area contributed by atoms with E-state index in [0.29, 0.717) is 35.3 Å². The van der Waals surface area contributed by atoms with Crippen LogP contribution in [0.3, 0.4) is 0 Å². The highest BCUT2D eigenvalue weighted by Crippen LogP contribution is 2.35. The van der Waals surface area contributed by atoms with Crippen LogP contribution in [0.2, 0.25) is 0 Å². The highest BCUT2D eigenvalue weighted by Gasteiger charge is 2.18. The van der Waals surface area contributed by atoms with Gasteiger partial charge in [-0.1, -0.05) is 25.1 Å². The molecule has 0 saturated carbocycles. The first-order valence-electron chi connectivity index (χ1n) is 12.9. The number of phenols is 2. The zero-order chi connectivity index (χ0) is 28.1. The van der Waals surface area contributed by atoms with Gasteiger partial charge >= 0.3 is 0 Å². The zero-order valence-electron chi connectivity index (χ0n) is 23.0. The van der Waals surface area contributed by atoms with E-state index in [1.807, 2.05) is 31.3 Å². The van der Waals surface area contributed by atoms with Gasteiger partial charge < -0.3 is 29.9 Å². The average Bonchev–Trinajstić information content (AvgIpc) is 3.41. The molecule has 204 valence electrons. The first-order chi connectivity index (χ1) is 18.6. The maximum absolute atomic E-state index is 12.0. The Labute approximate surface area is 228 Å². The predicted octanol–water partition coefficient (Wildman–Crippen LogP) is 5.29. The van der Waals surface area contributed by atoms with E-state index >= 15 is 0 Å². The van der Waals surface area contributed by atoms with E-state index in [-0.39, 0.29) is 17.4 Å². The first kappa shape index (κ1) is 27.5. The Bertz CT molecular complexity index is 1430. The molecule has 0 spiro atoms. The van der Waals surface area contributed by atoms with E-state index in [4.69, 9.17) is 4.52 Å². The van der Waals surface area contributed by atoms with Gasteiger partial charge in [-0.2, -0.15) is 4.98 Å². The molecule has 4 aromatic rings. The van der Waals surface area contributed by atoms with Crippen molar-refractivity contribution >= 4 is 17.3 Å². The zero-order valence-corrected chi connectivity index (χ0v) is 23.0. The average molecular weight is 530 g/mol. The Hall–Kier alpha value is -4.53. The Morgan fingerprint density at radius 1 is 0.949 bits per heavy atom. The van der Waals surface area contributed by atoms with E-state index in [1.54, 1.807) is 37.4 Å². The fourth-order valence-corrected chi connectivity index (χ4v) is 4.37. The van der Waals surface area contributed by atoms with Crippen LogP contribution in [-0.2, 0) is 6.54 Å². The summed E-state index contributed by atoms with van der Waals surface area (Å²) in [7, 11) is 5.62. The number of nitrogens with one attached hydrogen (secondary N) is 1. The second kappa shape index (κ2) is 11.9. The molecule has 4 rings (SSSR count). The molecule has 0 atom stereocenters. The van der Waals surface area contributed by atoms with Crippen molar-refractivity contribution in [2.75, 3.05) is 37.5 Å². The van der Waals surface area contributed by atoms with Crippen molar-refractivity contribution in [3.63, 3.8) is 0 Å². The van der Waals surface area contributed by atoms with E-state index in [2.05, 4.69) is 46.2 Å². The van der Waals surface area contributed by atoms with Gasteiger partial charge in [-0.15, -0.1) is 0 Å². The molecule has 39 heavy (non-hydrogen) atoms. The molecule has 3 aromatic carbocycles. The van der Waals surface area contributed by atoms with Gasteiger partial charge in [-0.25, -0.2) is 0 Å². The molecular formula is C30H35N5O4. The molecule has 0 saturated heterocycles. The second-order valence-corrected chi connectivity index (χ2v) is 10.1. The molecule has 0 aliphatic carbocycles. The number of phenolic OH excluding ortho intramolecular Hbond substituents is 2. The lowest BCUT2D eigenvalue weighted by atomic mass is 10.1. The van der Waals surface area contributed by atoms with Crippen LogP contribution < -0.4 is 15.1 Å². The molecule has 9 nitrogen and oxygen atoms in total. The number of amides is 1. The summed E-state index contributed by atoms with van der Waals surface area (Å²) in [5.41, 5.74) is 4.68. The van der Waals surface area contributed by atoms with Crippen LogP contribution in [0.5, 0.6) is 11.5 Å². The number of hydrogen-bond acceptors (Lipinski definition) is 8. The third-order valence-electron chi connectivity index (χ3n) is 6.50. The Morgan fingerprint density at radius 2 is 1.69 bits per heavy atom. The quantitative estimate of drug-likeness (QED) is 0.254. The maximum Gasteiger partial charge on any atom is 0.258 e. The van der Waals surface area contributed by atoms with E-state index < -0.39 is 0 Å². The van der Waals surface area contributed by atoms with Crippen LogP contribution in [0.1, 0.15) is 36.2 Å². The summed E-state index contributed by atoms with van der Waals surface area (Å²) in [5.74, 6) is 1.15. The molecule has 9 heteroatoms. The summed E-state index contributed by atoms with van der Waals surface area (Å²) in [6, 6.07) is 17.7. The number of hydrogen-bond donors (Lipinski definition) is 3. The lowest BCUT2D eigenvalue weighted by Crippen LogP contribution is -2.24. The highest BCUT2D eigenvalue weighted by molar-refractivity contribution is 5.95. The molecule has 0 radical (unpaired) electrons. The third-order valence-corrected chi connectivity index (χ3v) is 6.50. The molecule has 1 heterocycles. The van der Waals surface area contributed by atoms with Gasteiger partial charge in [0.15, 0.2) is 0 Å². The van der Waals surface area contributed by atoms with E-state index in [1.165, 1.54) is 6.07 Å². The molecule has 0 aliphatic heterocycles. The molecule has 3 N–H and O–H groups in total. The van der Waals surface area contributed by atoms with Crippen LogP contribution in [0.25, 0.3) is 22.8 Å². The van der Waals surface area contributed by atoms with Gasteiger partial charge in [-0.05, 0) is 66.4 Å². The third kappa shape index (κ3) is 6.67. The van der Waals surface area contributed by atoms with Crippen molar-refractivity contribution in [1.29, 1.82) is 0 Å². The fourth-order valence-electron chi connectivity index (χ4n) is 4.37. The van der Waals surface area contributed by atoms with Crippen LogP contribution >= 0.6 is 0 Å². The Kier molecular flexibility index (Phi) is 8.39. The minimum atomic E-state index is -0.193. The molecule has 0 aliphatic rings. The van der Waals surface area contributed by atoms with Crippen LogP contribution in [0, 0.1) is 5.92 Å². The van der Waals surface area contributed by atoms with Gasteiger partial charge in [0.25, 0.3) is 11.8 Å².